The second kappa shape index (κ2) is 23.9. The van der Waals surface area contributed by atoms with E-state index in [1.165, 1.54) is 0 Å². The van der Waals surface area contributed by atoms with Crippen LogP contribution in [0.25, 0.3) is 0 Å². The fourth-order valence-electron chi connectivity index (χ4n) is 0.354. The molecule has 0 bridgehead atoms. The summed E-state index contributed by atoms with van der Waals surface area (Å²) in [4.78, 5) is 0. The molecular weight excluding hydrogens is 407 g/mol. The van der Waals surface area contributed by atoms with E-state index in [4.69, 9.17) is 0 Å². The van der Waals surface area contributed by atoms with E-state index in [1.54, 1.807) is 0 Å². The SMILES string of the molecule is CCOC(=S)[S-].CCOC(=S)[S-].CCOC(=S)[S-].[Ni+3]. The smallest absolute Gasteiger partial charge is 0.514 e. The van der Waals surface area contributed by atoms with Crippen LogP contribution in [0, 0.1) is 0 Å². The first kappa shape index (κ1) is 28.1. The standard InChI is InChI=1S/3C3H6OS2.Ni/c3*1-2-4-3(5)6;/h3*2H2,1H3,(H,5,6);/q;;;+3/p-3. The first-order chi connectivity index (χ1) is 8.31. The van der Waals surface area contributed by atoms with Crippen molar-refractivity contribution < 1.29 is 30.7 Å². The molecule has 0 aromatic carbocycles. The van der Waals surface area contributed by atoms with Gasteiger partial charge in [0.1, 0.15) is 0 Å². The van der Waals surface area contributed by atoms with Crippen molar-refractivity contribution in [3.05, 3.63) is 0 Å². The second-order valence-electron chi connectivity index (χ2n) is 2.05. The molecule has 10 heteroatoms. The molecule has 0 heterocycles. The third-order valence-electron chi connectivity index (χ3n) is 0.787. The quantitative estimate of drug-likeness (QED) is 0.387. The minimum absolute atomic E-state index is 0. The average Bonchev–Trinajstić information content (AvgIpc) is 2.18. The zero-order valence-corrected chi connectivity index (χ0v) is 16.5. The summed E-state index contributed by atoms with van der Waals surface area (Å²) in [6, 6.07) is 0. The Morgan fingerprint density at radius 3 is 0.842 bits per heavy atom. The number of ether oxygens (including phenoxy) is 3. The van der Waals surface area contributed by atoms with E-state index in [1.807, 2.05) is 20.8 Å². The molecule has 19 heavy (non-hydrogen) atoms. The number of rotatable bonds is 3. The van der Waals surface area contributed by atoms with Gasteiger partial charge >= 0.3 is 16.5 Å². The maximum atomic E-state index is 4.59. The van der Waals surface area contributed by atoms with Crippen molar-refractivity contribution in [2.75, 3.05) is 19.8 Å². The summed E-state index contributed by atoms with van der Waals surface area (Å²) < 4.78 is 14.4. The van der Waals surface area contributed by atoms with Crippen LogP contribution in [-0.2, 0) is 68.6 Å². The van der Waals surface area contributed by atoms with Crippen molar-refractivity contribution in [1.29, 1.82) is 0 Å². The monoisotopic (exact) mass is 421 g/mol. The summed E-state index contributed by atoms with van der Waals surface area (Å²) in [7, 11) is 0. The maximum Gasteiger partial charge on any atom is 3.00 e. The third-order valence-corrected chi connectivity index (χ3v) is 1.49. The van der Waals surface area contributed by atoms with Crippen LogP contribution < -0.4 is 0 Å². The molecule has 0 saturated carbocycles. The molecule has 1 radical (unpaired) electrons. The summed E-state index contributed by atoms with van der Waals surface area (Å²) in [5, 5.41) is 0. The van der Waals surface area contributed by atoms with Gasteiger partial charge in [-0.1, -0.05) is 0 Å². The van der Waals surface area contributed by atoms with Crippen LogP contribution in [-0.4, -0.2) is 33.0 Å². The topological polar surface area (TPSA) is 27.7 Å². The van der Waals surface area contributed by atoms with Crippen LogP contribution in [0.15, 0.2) is 0 Å². The van der Waals surface area contributed by atoms with Crippen LogP contribution in [0.3, 0.4) is 0 Å². The maximum absolute atomic E-state index is 4.59. The van der Waals surface area contributed by atoms with E-state index in [9.17, 15) is 0 Å². The molecule has 115 valence electrons. The van der Waals surface area contributed by atoms with Gasteiger partial charge < -0.3 is 88.8 Å². The molecule has 3 nitrogen and oxygen atoms in total. The summed E-state index contributed by atoms with van der Waals surface area (Å²) in [6.07, 6.45) is 0. The van der Waals surface area contributed by atoms with Gasteiger partial charge in [-0.3, -0.25) is 0 Å². The minimum Gasteiger partial charge on any atom is -0.514 e. The van der Waals surface area contributed by atoms with E-state index in [-0.39, 0.29) is 29.6 Å². The molecule has 0 aliphatic carbocycles. The van der Waals surface area contributed by atoms with E-state index in [0.717, 1.165) is 0 Å². The molecule has 0 aliphatic heterocycles. The van der Waals surface area contributed by atoms with Gasteiger partial charge in [0.2, 0.25) is 0 Å². The van der Waals surface area contributed by atoms with Crippen LogP contribution in [0.4, 0.5) is 0 Å². The van der Waals surface area contributed by atoms with Crippen molar-refractivity contribution in [2.24, 2.45) is 0 Å². The molecule has 0 aromatic heterocycles. The normalized spacial score (nSPS) is 7.11. The largest absolute Gasteiger partial charge is 3.00 e. The Morgan fingerprint density at radius 2 is 0.842 bits per heavy atom. The van der Waals surface area contributed by atoms with Gasteiger partial charge in [0.05, 0.1) is 19.8 Å². The molecule has 0 saturated heterocycles. The van der Waals surface area contributed by atoms with Crippen LogP contribution >= 0.6 is 36.7 Å². The molecule has 0 fully saturated rings. The fourth-order valence-corrected chi connectivity index (χ4v) is 1.06. The van der Waals surface area contributed by atoms with Crippen LogP contribution in [0.2, 0.25) is 0 Å². The molecule has 0 rings (SSSR count). The third kappa shape index (κ3) is 55.2. The Labute approximate surface area is 158 Å². The zero-order chi connectivity index (χ0) is 15.0. The van der Waals surface area contributed by atoms with Crippen molar-refractivity contribution in [1.82, 2.24) is 0 Å². The van der Waals surface area contributed by atoms with Gasteiger partial charge in [-0.15, -0.1) is 0 Å². The molecule has 0 atom stereocenters. The van der Waals surface area contributed by atoms with Gasteiger partial charge in [0.15, 0.2) is 0 Å². The first-order valence-electron chi connectivity index (χ1n) is 4.82. The van der Waals surface area contributed by atoms with Crippen molar-refractivity contribution in [3.63, 3.8) is 0 Å². The Hall–Kier alpha value is 0.824. The van der Waals surface area contributed by atoms with E-state index >= 15 is 0 Å². The number of hydrogen-bond acceptors (Lipinski definition) is 9. The molecule has 0 aliphatic rings. The Kier molecular flexibility index (Phi) is 35.3. The molecule has 0 aromatic rings. The van der Waals surface area contributed by atoms with Gasteiger partial charge in [-0.05, 0) is 20.8 Å². The number of thiocarbonyl (C=S) groups is 3. The number of hydrogen-bond donors (Lipinski definition) is 0. The molecule has 0 spiro atoms. The summed E-state index contributed by atoms with van der Waals surface area (Å²) in [5.41, 5.74) is 0. The molecule has 0 amide bonds. The van der Waals surface area contributed by atoms with Crippen LogP contribution in [0.1, 0.15) is 20.8 Å². The van der Waals surface area contributed by atoms with Gasteiger partial charge in [-0.25, -0.2) is 0 Å². The first-order valence-corrected chi connectivity index (χ1v) is 7.27. The second-order valence-corrected chi connectivity index (χ2v) is 5.05. The van der Waals surface area contributed by atoms with Crippen molar-refractivity contribution in [3.8, 4) is 0 Å². The van der Waals surface area contributed by atoms with E-state index in [0.29, 0.717) is 19.8 Å². The van der Waals surface area contributed by atoms with E-state index in [2.05, 4.69) is 88.8 Å². The molecule has 0 unspecified atom stereocenters. The predicted molar refractivity (Wildman–Crippen MR) is 94.8 cm³/mol. The van der Waals surface area contributed by atoms with Crippen molar-refractivity contribution >= 4 is 87.7 Å². The fraction of sp³-hybridized carbons (Fsp3) is 0.667. The van der Waals surface area contributed by atoms with Crippen LogP contribution in [0.5, 0.6) is 0 Å². The summed E-state index contributed by atoms with van der Waals surface area (Å²) in [6.45, 7) is 7.29. The van der Waals surface area contributed by atoms with Crippen molar-refractivity contribution in [2.45, 2.75) is 20.8 Å². The summed E-state index contributed by atoms with van der Waals surface area (Å²) in [5.74, 6) is 0. The van der Waals surface area contributed by atoms with Gasteiger partial charge in [-0.2, -0.15) is 0 Å². The molecular formula is C9H15NiO3S6. The average molecular weight is 422 g/mol. The van der Waals surface area contributed by atoms with E-state index < -0.39 is 0 Å². The van der Waals surface area contributed by atoms with Gasteiger partial charge in [0, 0.05) is 13.1 Å². The minimum atomic E-state index is 0. The Balaban J connectivity index is -0.0000000865. The van der Waals surface area contributed by atoms with Gasteiger partial charge in [0.25, 0.3) is 0 Å². The predicted octanol–water partition coefficient (Wildman–Crippen LogP) is 2.56. The molecule has 0 N–H and O–H groups in total. The zero-order valence-electron chi connectivity index (χ0n) is 10.6. The Morgan fingerprint density at radius 1 is 0.684 bits per heavy atom. The summed E-state index contributed by atoms with van der Waals surface area (Å²) >= 11 is 26.3. The Bertz CT molecular complexity index is 202.